The van der Waals surface area contributed by atoms with Gasteiger partial charge in [0.25, 0.3) is 0 Å². The minimum Gasteiger partial charge on any atom is -0.467 e. The topological polar surface area (TPSA) is 43.9 Å². The van der Waals surface area contributed by atoms with Gasteiger partial charge in [0.1, 0.15) is 17.9 Å². The maximum Gasteiger partial charge on any atom is 0.148 e. The van der Waals surface area contributed by atoms with Gasteiger partial charge < -0.3 is 8.98 Å². The lowest BCUT2D eigenvalue weighted by atomic mass is 10.2. The lowest BCUT2D eigenvalue weighted by Gasteiger charge is -2.11. The molecule has 0 saturated heterocycles. The Hall–Kier alpha value is -1.29. The SMILES string of the molecule is CC(c1ccco1)n1cnnc1CCl. The van der Waals surface area contributed by atoms with Crippen molar-refractivity contribution in [3.8, 4) is 0 Å². The van der Waals surface area contributed by atoms with Gasteiger partial charge in [-0.1, -0.05) is 0 Å². The third kappa shape index (κ3) is 1.53. The number of hydrogen-bond donors (Lipinski definition) is 0. The number of alkyl halides is 1. The molecule has 0 aliphatic rings. The highest BCUT2D eigenvalue weighted by Gasteiger charge is 2.13. The summed E-state index contributed by atoms with van der Waals surface area (Å²) in [5.74, 6) is 1.97. The van der Waals surface area contributed by atoms with Crippen LogP contribution in [0, 0.1) is 0 Å². The summed E-state index contributed by atoms with van der Waals surface area (Å²) in [6.45, 7) is 2.01. The highest BCUT2D eigenvalue weighted by molar-refractivity contribution is 6.16. The molecule has 0 radical (unpaired) electrons. The Balaban J connectivity index is 2.31. The zero-order valence-corrected chi connectivity index (χ0v) is 8.48. The summed E-state index contributed by atoms with van der Waals surface area (Å²) >= 11 is 5.72. The second-order valence-electron chi connectivity index (χ2n) is 2.98. The Bertz CT molecular complexity index is 396. The third-order valence-corrected chi connectivity index (χ3v) is 2.38. The quantitative estimate of drug-likeness (QED) is 0.732. The number of rotatable bonds is 3. The fraction of sp³-hybridized carbons (Fsp3) is 0.333. The summed E-state index contributed by atoms with van der Waals surface area (Å²) in [6, 6.07) is 3.85. The average molecular weight is 212 g/mol. The molecule has 0 aliphatic carbocycles. The van der Waals surface area contributed by atoms with Crippen molar-refractivity contribution in [3.05, 3.63) is 36.3 Å². The molecule has 0 fully saturated rings. The summed E-state index contributed by atoms with van der Waals surface area (Å²) in [6.07, 6.45) is 3.31. The van der Waals surface area contributed by atoms with Crippen LogP contribution in [0.15, 0.2) is 29.1 Å². The monoisotopic (exact) mass is 211 g/mol. The van der Waals surface area contributed by atoms with Crippen LogP contribution < -0.4 is 0 Å². The molecule has 0 saturated carbocycles. The highest BCUT2D eigenvalue weighted by Crippen LogP contribution is 2.19. The Morgan fingerprint density at radius 3 is 3.14 bits per heavy atom. The fourth-order valence-electron chi connectivity index (χ4n) is 1.35. The van der Waals surface area contributed by atoms with Crippen molar-refractivity contribution in [2.75, 3.05) is 0 Å². The molecule has 2 aromatic heterocycles. The zero-order valence-electron chi connectivity index (χ0n) is 7.72. The van der Waals surface area contributed by atoms with Crippen molar-refractivity contribution in [1.82, 2.24) is 14.8 Å². The van der Waals surface area contributed by atoms with Gasteiger partial charge in [-0.2, -0.15) is 0 Å². The van der Waals surface area contributed by atoms with E-state index in [0.29, 0.717) is 5.88 Å². The van der Waals surface area contributed by atoms with Crippen LogP contribution in [0.4, 0.5) is 0 Å². The van der Waals surface area contributed by atoms with Crippen molar-refractivity contribution in [2.24, 2.45) is 0 Å². The standard InChI is InChI=1S/C9H10ClN3O/c1-7(8-3-2-4-14-8)13-6-11-12-9(13)5-10/h2-4,6-7H,5H2,1H3. The molecule has 2 rings (SSSR count). The van der Waals surface area contributed by atoms with Gasteiger partial charge in [-0.15, -0.1) is 21.8 Å². The van der Waals surface area contributed by atoms with E-state index in [1.807, 2.05) is 23.6 Å². The van der Waals surface area contributed by atoms with Crippen molar-refractivity contribution in [3.63, 3.8) is 0 Å². The maximum absolute atomic E-state index is 5.72. The molecule has 4 nitrogen and oxygen atoms in total. The first kappa shape index (κ1) is 9.27. The lowest BCUT2D eigenvalue weighted by molar-refractivity contribution is 0.441. The average Bonchev–Trinajstić information content (AvgIpc) is 2.87. The summed E-state index contributed by atoms with van der Waals surface area (Å²) in [5.41, 5.74) is 0. The smallest absolute Gasteiger partial charge is 0.148 e. The van der Waals surface area contributed by atoms with Gasteiger partial charge in [-0.3, -0.25) is 0 Å². The first-order valence-electron chi connectivity index (χ1n) is 4.30. The molecule has 1 atom stereocenters. The number of halogens is 1. The number of furan rings is 1. The van der Waals surface area contributed by atoms with Gasteiger partial charge in [0.05, 0.1) is 18.2 Å². The molecule has 0 bridgehead atoms. The van der Waals surface area contributed by atoms with E-state index in [2.05, 4.69) is 10.2 Å². The summed E-state index contributed by atoms with van der Waals surface area (Å²) in [5, 5.41) is 7.72. The van der Waals surface area contributed by atoms with Gasteiger partial charge in [0.15, 0.2) is 0 Å². The van der Waals surface area contributed by atoms with Crippen LogP contribution in [0.3, 0.4) is 0 Å². The molecule has 0 aliphatic heterocycles. The number of nitrogens with zero attached hydrogens (tertiary/aromatic N) is 3. The molecule has 14 heavy (non-hydrogen) atoms. The van der Waals surface area contributed by atoms with Crippen LogP contribution in [-0.4, -0.2) is 14.8 Å². The molecular formula is C9H10ClN3O. The fourth-order valence-corrected chi connectivity index (χ4v) is 1.54. The molecule has 1 unspecified atom stereocenters. The van der Waals surface area contributed by atoms with Crippen LogP contribution in [0.1, 0.15) is 24.6 Å². The molecular weight excluding hydrogens is 202 g/mol. The Morgan fingerprint density at radius 2 is 2.50 bits per heavy atom. The predicted octanol–water partition coefficient (Wildman–Crippen LogP) is 2.22. The van der Waals surface area contributed by atoms with Gasteiger partial charge in [0, 0.05) is 0 Å². The summed E-state index contributed by atoms with van der Waals surface area (Å²) in [4.78, 5) is 0. The van der Waals surface area contributed by atoms with E-state index in [1.54, 1.807) is 12.6 Å². The van der Waals surface area contributed by atoms with E-state index >= 15 is 0 Å². The van der Waals surface area contributed by atoms with Gasteiger partial charge in [-0.25, -0.2) is 0 Å². The third-order valence-electron chi connectivity index (χ3n) is 2.14. The van der Waals surface area contributed by atoms with Crippen LogP contribution in [0.25, 0.3) is 0 Å². The van der Waals surface area contributed by atoms with E-state index in [4.69, 9.17) is 16.0 Å². The van der Waals surface area contributed by atoms with E-state index in [9.17, 15) is 0 Å². The van der Waals surface area contributed by atoms with Gasteiger partial charge in [-0.05, 0) is 19.1 Å². The second kappa shape index (κ2) is 3.84. The normalized spacial score (nSPS) is 13.0. The maximum atomic E-state index is 5.72. The molecule has 5 heteroatoms. The first-order chi connectivity index (χ1) is 6.83. The number of hydrogen-bond acceptors (Lipinski definition) is 3. The zero-order chi connectivity index (χ0) is 9.97. The van der Waals surface area contributed by atoms with Crippen LogP contribution in [-0.2, 0) is 5.88 Å². The minimum absolute atomic E-state index is 0.0775. The van der Waals surface area contributed by atoms with E-state index in [0.717, 1.165) is 11.6 Å². The van der Waals surface area contributed by atoms with Crippen molar-refractivity contribution >= 4 is 11.6 Å². The molecule has 0 aromatic carbocycles. The number of aromatic nitrogens is 3. The summed E-state index contributed by atoms with van der Waals surface area (Å²) < 4.78 is 7.19. The van der Waals surface area contributed by atoms with E-state index in [-0.39, 0.29) is 6.04 Å². The van der Waals surface area contributed by atoms with Crippen LogP contribution in [0.2, 0.25) is 0 Å². The molecule has 2 heterocycles. The van der Waals surface area contributed by atoms with Gasteiger partial charge >= 0.3 is 0 Å². The van der Waals surface area contributed by atoms with Gasteiger partial charge in [0.2, 0.25) is 0 Å². The van der Waals surface area contributed by atoms with Crippen LogP contribution >= 0.6 is 11.6 Å². The van der Waals surface area contributed by atoms with Crippen molar-refractivity contribution in [2.45, 2.75) is 18.8 Å². The lowest BCUT2D eigenvalue weighted by Crippen LogP contribution is -2.07. The second-order valence-corrected chi connectivity index (χ2v) is 3.25. The molecule has 0 amide bonds. The van der Waals surface area contributed by atoms with E-state index < -0.39 is 0 Å². The Morgan fingerprint density at radius 1 is 1.64 bits per heavy atom. The minimum atomic E-state index is 0.0775. The highest BCUT2D eigenvalue weighted by atomic mass is 35.5. The van der Waals surface area contributed by atoms with E-state index in [1.165, 1.54) is 0 Å². The van der Waals surface area contributed by atoms with Crippen molar-refractivity contribution < 1.29 is 4.42 Å². The molecule has 0 spiro atoms. The molecule has 74 valence electrons. The largest absolute Gasteiger partial charge is 0.467 e. The Labute approximate surface area is 86.5 Å². The van der Waals surface area contributed by atoms with Crippen molar-refractivity contribution in [1.29, 1.82) is 0 Å². The molecule has 2 aromatic rings. The molecule has 0 N–H and O–H groups in total. The first-order valence-corrected chi connectivity index (χ1v) is 4.84. The Kier molecular flexibility index (Phi) is 2.54. The predicted molar refractivity (Wildman–Crippen MR) is 52.1 cm³/mol. The summed E-state index contributed by atoms with van der Waals surface area (Å²) in [7, 11) is 0. The van der Waals surface area contributed by atoms with Crippen LogP contribution in [0.5, 0.6) is 0 Å².